The summed E-state index contributed by atoms with van der Waals surface area (Å²) in [6.07, 6.45) is 5.14. The number of nitrogens with zero attached hydrogens (tertiary/aromatic N) is 1. The highest BCUT2D eigenvalue weighted by Gasteiger charge is 2.43. The summed E-state index contributed by atoms with van der Waals surface area (Å²) in [5, 5.41) is 3.04. The van der Waals surface area contributed by atoms with Crippen LogP contribution in [0.4, 0.5) is 0 Å². The van der Waals surface area contributed by atoms with Crippen LogP contribution >= 0.6 is 0 Å². The quantitative estimate of drug-likeness (QED) is 0.705. The van der Waals surface area contributed by atoms with E-state index in [2.05, 4.69) is 5.32 Å². The first-order valence-electron chi connectivity index (χ1n) is 6.27. The zero-order valence-electron chi connectivity index (χ0n) is 9.98. The summed E-state index contributed by atoms with van der Waals surface area (Å²) in [4.78, 5) is 0. The van der Waals surface area contributed by atoms with Gasteiger partial charge in [-0.05, 0) is 51.6 Å². The first kappa shape index (κ1) is 12.3. The fourth-order valence-electron chi connectivity index (χ4n) is 2.92. The summed E-state index contributed by atoms with van der Waals surface area (Å²) in [5.41, 5.74) is 0. The minimum atomic E-state index is -2.97. The Kier molecular flexibility index (Phi) is 3.87. The van der Waals surface area contributed by atoms with E-state index in [9.17, 15) is 8.42 Å². The van der Waals surface area contributed by atoms with E-state index < -0.39 is 10.0 Å². The first-order chi connectivity index (χ1) is 7.63. The van der Waals surface area contributed by atoms with E-state index in [0.29, 0.717) is 17.7 Å². The Hall–Kier alpha value is -0.130. The molecule has 1 saturated carbocycles. The Bertz CT molecular complexity index is 329. The van der Waals surface area contributed by atoms with Crippen LogP contribution in [0.25, 0.3) is 0 Å². The number of rotatable bonds is 6. The molecule has 16 heavy (non-hydrogen) atoms. The van der Waals surface area contributed by atoms with Crippen LogP contribution in [0.5, 0.6) is 0 Å². The van der Waals surface area contributed by atoms with Crippen molar-refractivity contribution < 1.29 is 8.42 Å². The molecule has 1 aliphatic heterocycles. The van der Waals surface area contributed by atoms with E-state index in [1.807, 2.05) is 7.05 Å². The molecule has 1 saturated heterocycles. The Morgan fingerprint density at radius 2 is 2.12 bits per heavy atom. The molecular formula is C11H22N2O2S. The lowest BCUT2D eigenvalue weighted by Crippen LogP contribution is -2.39. The monoisotopic (exact) mass is 246 g/mol. The molecule has 0 spiro atoms. The van der Waals surface area contributed by atoms with Crippen LogP contribution in [0, 0.1) is 5.92 Å². The van der Waals surface area contributed by atoms with Crippen molar-refractivity contribution in [3.63, 3.8) is 0 Å². The van der Waals surface area contributed by atoms with Crippen LogP contribution in [-0.4, -0.2) is 44.7 Å². The topological polar surface area (TPSA) is 49.4 Å². The van der Waals surface area contributed by atoms with Gasteiger partial charge in [-0.25, -0.2) is 8.42 Å². The summed E-state index contributed by atoms with van der Waals surface area (Å²) in [6, 6.07) is 0.333. The largest absolute Gasteiger partial charge is 0.320 e. The van der Waals surface area contributed by atoms with Gasteiger partial charge in [0.2, 0.25) is 10.0 Å². The van der Waals surface area contributed by atoms with Crippen LogP contribution in [-0.2, 0) is 10.0 Å². The third-order valence-electron chi connectivity index (χ3n) is 3.80. The molecule has 1 aliphatic carbocycles. The van der Waals surface area contributed by atoms with E-state index in [1.165, 1.54) is 6.42 Å². The molecule has 5 heteroatoms. The number of hydrogen-bond acceptors (Lipinski definition) is 3. The summed E-state index contributed by atoms with van der Waals surface area (Å²) >= 11 is 0. The summed E-state index contributed by atoms with van der Waals surface area (Å²) in [7, 11) is -1.07. The maximum absolute atomic E-state index is 12.1. The Morgan fingerprint density at radius 3 is 2.69 bits per heavy atom. The molecule has 2 fully saturated rings. The average molecular weight is 246 g/mol. The highest BCUT2D eigenvalue weighted by Crippen LogP contribution is 2.39. The van der Waals surface area contributed by atoms with E-state index >= 15 is 0 Å². The maximum atomic E-state index is 12.1. The van der Waals surface area contributed by atoms with Crippen molar-refractivity contribution >= 4 is 10.0 Å². The zero-order chi connectivity index (χ0) is 11.6. The van der Waals surface area contributed by atoms with Gasteiger partial charge in [0, 0.05) is 12.6 Å². The molecule has 0 amide bonds. The molecule has 94 valence electrons. The third-order valence-corrected chi connectivity index (χ3v) is 5.76. The molecule has 0 aromatic rings. The number of piperidine rings is 1. The molecule has 2 aliphatic rings. The van der Waals surface area contributed by atoms with Gasteiger partial charge in [-0.2, -0.15) is 4.31 Å². The lowest BCUT2D eigenvalue weighted by Gasteiger charge is -2.26. The lowest BCUT2D eigenvalue weighted by atomic mass is 10.1. The van der Waals surface area contributed by atoms with Gasteiger partial charge in [0.1, 0.15) is 0 Å². The van der Waals surface area contributed by atoms with Crippen LogP contribution in [0.2, 0.25) is 0 Å². The van der Waals surface area contributed by atoms with Crippen molar-refractivity contribution in [2.45, 2.75) is 38.1 Å². The Labute approximate surface area is 98.4 Å². The molecule has 2 atom stereocenters. The number of sulfonamides is 1. The Morgan fingerprint density at radius 1 is 1.31 bits per heavy atom. The molecule has 0 aromatic heterocycles. The maximum Gasteiger partial charge on any atom is 0.214 e. The van der Waals surface area contributed by atoms with Gasteiger partial charge in [-0.1, -0.05) is 0 Å². The van der Waals surface area contributed by atoms with Gasteiger partial charge in [0.15, 0.2) is 0 Å². The molecule has 0 radical (unpaired) electrons. The second kappa shape index (κ2) is 5.02. The summed E-state index contributed by atoms with van der Waals surface area (Å²) in [6.45, 7) is 1.70. The SMILES string of the molecule is CNCCCCS(=O)(=O)N1CC2CCC1C2. The van der Waals surface area contributed by atoms with Crippen molar-refractivity contribution in [2.24, 2.45) is 5.92 Å². The number of nitrogens with one attached hydrogen (secondary N) is 1. The van der Waals surface area contributed by atoms with Crippen molar-refractivity contribution in [1.29, 1.82) is 0 Å². The summed E-state index contributed by atoms with van der Waals surface area (Å²) in [5.74, 6) is 0.981. The first-order valence-corrected chi connectivity index (χ1v) is 7.88. The van der Waals surface area contributed by atoms with E-state index in [1.54, 1.807) is 4.31 Å². The number of unbranched alkanes of at least 4 members (excludes halogenated alkanes) is 1. The van der Waals surface area contributed by atoms with Gasteiger partial charge in [0.25, 0.3) is 0 Å². The van der Waals surface area contributed by atoms with E-state index in [0.717, 1.165) is 38.8 Å². The van der Waals surface area contributed by atoms with Crippen LogP contribution in [0.15, 0.2) is 0 Å². The molecule has 0 aromatic carbocycles. The molecule has 2 rings (SSSR count). The molecule has 4 nitrogen and oxygen atoms in total. The fraction of sp³-hybridized carbons (Fsp3) is 1.00. The predicted molar refractivity (Wildman–Crippen MR) is 64.8 cm³/mol. The van der Waals surface area contributed by atoms with Gasteiger partial charge in [-0.15, -0.1) is 0 Å². The predicted octanol–water partition coefficient (Wildman–Crippen LogP) is 0.800. The standard InChI is InChI=1S/C11H22N2O2S/c1-12-6-2-3-7-16(14,15)13-9-10-4-5-11(13)8-10/h10-12H,2-9H2,1H3. The second-order valence-corrected chi connectivity index (χ2v) is 7.07. The van der Waals surface area contributed by atoms with Gasteiger partial charge >= 0.3 is 0 Å². The van der Waals surface area contributed by atoms with Crippen molar-refractivity contribution in [3.8, 4) is 0 Å². The van der Waals surface area contributed by atoms with E-state index in [4.69, 9.17) is 0 Å². The highest BCUT2D eigenvalue weighted by molar-refractivity contribution is 7.89. The van der Waals surface area contributed by atoms with Crippen LogP contribution in [0.1, 0.15) is 32.1 Å². The van der Waals surface area contributed by atoms with Gasteiger partial charge < -0.3 is 5.32 Å². The smallest absolute Gasteiger partial charge is 0.214 e. The summed E-state index contributed by atoms with van der Waals surface area (Å²) < 4.78 is 26.0. The minimum absolute atomic E-state index is 0.331. The highest BCUT2D eigenvalue weighted by atomic mass is 32.2. The normalized spacial score (nSPS) is 30.1. The van der Waals surface area contributed by atoms with E-state index in [-0.39, 0.29) is 0 Å². The molecule has 2 bridgehead atoms. The number of fused-ring (bicyclic) bond motifs is 2. The molecule has 1 N–H and O–H groups in total. The van der Waals surface area contributed by atoms with Gasteiger partial charge in [0.05, 0.1) is 5.75 Å². The van der Waals surface area contributed by atoms with Crippen LogP contribution < -0.4 is 5.32 Å². The second-order valence-electron chi connectivity index (χ2n) is 5.03. The average Bonchev–Trinajstić information content (AvgIpc) is 2.86. The lowest BCUT2D eigenvalue weighted by molar-refractivity contribution is 0.333. The molecule has 1 heterocycles. The van der Waals surface area contributed by atoms with Crippen molar-refractivity contribution in [1.82, 2.24) is 9.62 Å². The van der Waals surface area contributed by atoms with Crippen LogP contribution in [0.3, 0.4) is 0 Å². The fourth-order valence-corrected chi connectivity index (χ4v) is 4.81. The number of hydrogen-bond donors (Lipinski definition) is 1. The Balaban J connectivity index is 1.83. The molecule has 2 unspecified atom stereocenters. The molecular weight excluding hydrogens is 224 g/mol. The zero-order valence-corrected chi connectivity index (χ0v) is 10.8. The van der Waals surface area contributed by atoms with Crippen molar-refractivity contribution in [2.75, 3.05) is 25.9 Å². The third kappa shape index (κ3) is 2.57. The van der Waals surface area contributed by atoms with Gasteiger partial charge in [-0.3, -0.25) is 0 Å². The minimum Gasteiger partial charge on any atom is -0.320 e. The van der Waals surface area contributed by atoms with Crippen molar-refractivity contribution in [3.05, 3.63) is 0 Å².